The number of methoxy groups -OCH3 is 1. The van der Waals surface area contributed by atoms with Crippen molar-refractivity contribution < 1.29 is 18.8 Å². The van der Waals surface area contributed by atoms with Gasteiger partial charge >= 0.3 is 5.69 Å². The third-order valence-electron chi connectivity index (χ3n) is 2.95. The van der Waals surface area contributed by atoms with Crippen LogP contribution < -0.4 is 10.1 Å². The monoisotopic (exact) mass is 304 g/mol. The minimum atomic E-state index is -0.946. The second-order valence-corrected chi connectivity index (χ2v) is 4.50. The number of hydrogen-bond donors (Lipinski definition) is 1. The Balaban J connectivity index is 2.05. The first-order chi connectivity index (χ1) is 10.5. The van der Waals surface area contributed by atoms with Crippen molar-refractivity contribution in [2.24, 2.45) is 0 Å². The van der Waals surface area contributed by atoms with Gasteiger partial charge in [0.15, 0.2) is 0 Å². The van der Waals surface area contributed by atoms with E-state index in [1.165, 1.54) is 6.07 Å². The number of nitro groups is 1. The molecule has 1 amide bonds. The van der Waals surface area contributed by atoms with Gasteiger partial charge in [0.1, 0.15) is 5.75 Å². The summed E-state index contributed by atoms with van der Waals surface area (Å²) < 4.78 is 18.2. The van der Waals surface area contributed by atoms with Crippen LogP contribution in [0.1, 0.15) is 5.56 Å². The number of anilines is 1. The van der Waals surface area contributed by atoms with E-state index in [9.17, 15) is 19.3 Å². The third-order valence-corrected chi connectivity index (χ3v) is 2.95. The van der Waals surface area contributed by atoms with Gasteiger partial charge < -0.3 is 10.1 Å². The van der Waals surface area contributed by atoms with Crippen LogP contribution in [0, 0.1) is 15.9 Å². The molecular formula is C15H13FN2O4. The van der Waals surface area contributed by atoms with Crippen molar-refractivity contribution in [3.8, 4) is 5.75 Å². The molecule has 0 fully saturated rings. The fourth-order valence-electron chi connectivity index (χ4n) is 1.86. The smallest absolute Gasteiger partial charge is 0.306 e. The molecule has 6 nitrogen and oxygen atoms in total. The van der Waals surface area contributed by atoms with Gasteiger partial charge in [0, 0.05) is 11.8 Å². The van der Waals surface area contributed by atoms with Crippen LogP contribution in [0.4, 0.5) is 15.8 Å². The first kappa shape index (κ1) is 15.4. The van der Waals surface area contributed by atoms with E-state index in [1.54, 1.807) is 31.4 Å². The van der Waals surface area contributed by atoms with E-state index in [2.05, 4.69) is 5.32 Å². The lowest BCUT2D eigenvalue weighted by Crippen LogP contribution is -2.14. The van der Waals surface area contributed by atoms with E-state index in [1.807, 2.05) is 0 Å². The maximum Gasteiger partial charge on any atom is 0.306 e. The zero-order valence-corrected chi connectivity index (χ0v) is 11.7. The van der Waals surface area contributed by atoms with E-state index in [-0.39, 0.29) is 18.0 Å². The molecule has 0 aliphatic rings. The van der Waals surface area contributed by atoms with Gasteiger partial charge in [0.05, 0.1) is 18.5 Å². The quantitative estimate of drug-likeness (QED) is 0.680. The molecule has 0 saturated heterocycles. The molecule has 2 aromatic rings. The molecule has 0 spiro atoms. The summed E-state index contributed by atoms with van der Waals surface area (Å²) >= 11 is 0. The summed E-state index contributed by atoms with van der Waals surface area (Å²) in [7, 11) is 1.54. The molecule has 0 atom stereocenters. The van der Waals surface area contributed by atoms with Gasteiger partial charge in [-0.1, -0.05) is 12.1 Å². The average molecular weight is 304 g/mol. The Morgan fingerprint density at radius 2 is 1.95 bits per heavy atom. The Bertz CT molecular complexity index is 701. The van der Waals surface area contributed by atoms with Gasteiger partial charge in [-0.3, -0.25) is 14.9 Å². The number of hydrogen-bond acceptors (Lipinski definition) is 4. The standard InChI is InChI=1S/C15H13FN2O4/c1-22-12-5-2-10(3-6-12)8-15(19)17-11-4-7-13(16)14(9-11)18(20)21/h2-7,9H,8H2,1H3,(H,17,19). The second kappa shape index (κ2) is 6.66. The summed E-state index contributed by atoms with van der Waals surface area (Å²) in [5.74, 6) is -0.623. The maximum absolute atomic E-state index is 13.2. The Kier molecular flexibility index (Phi) is 4.67. The topological polar surface area (TPSA) is 81.5 Å². The van der Waals surface area contributed by atoms with Crippen LogP contribution in [0.3, 0.4) is 0 Å². The molecule has 22 heavy (non-hydrogen) atoms. The maximum atomic E-state index is 13.2. The molecule has 0 aliphatic carbocycles. The summed E-state index contributed by atoms with van der Waals surface area (Å²) in [6.07, 6.45) is 0.0924. The van der Waals surface area contributed by atoms with Crippen LogP contribution in [-0.4, -0.2) is 17.9 Å². The van der Waals surface area contributed by atoms with Crippen molar-refractivity contribution in [1.82, 2.24) is 0 Å². The molecule has 2 aromatic carbocycles. The number of carbonyl (C=O) groups excluding carboxylic acids is 1. The van der Waals surface area contributed by atoms with Gasteiger partial charge in [-0.05, 0) is 29.8 Å². The van der Waals surface area contributed by atoms with Crippen LogP contribution in [0.2, 0.25) is 0 Å². The predicted molar refractivity (Wildman–Crippen MR) is 78.4 cm³/mol. The van der Waals surface area contributed by atoms with E-state index < -0.39 is 16.4 Å². The Labute approximate surface area is 125 Å². The van der Waals surface area contributed by atoms with E-state index in [0.717, 1.165) is 17.7 Å². The fourth-order valence-corrected chi connectivity index (χ4v) is 1.86. The molecule has 2 rings (SSSR count). The second-order valence-electron chi connectivity index (χ2n) is 4.50. The summed E-state index contributed by atoms with van der Waals surface area (Å²) in [4.78, 5) is 21.7. The highest BCUT2D eigenvalue weighted by Crippen LogP contribution is 2.21. The molecule has 0 bridgehead atoms. The van der Waals surface area contributed by atoms with Crippen molar-refractivity contribution in [2.75, 3.05) is 12.4 Å². The number of ether oxygens (including phenoxy) is 1. The van der Waals surface area contributed by atoms with Gasteiger partial charge in [0.2, 0.25) is 11.7 Å². The van der Waals surface area contributed by atoms with Crippen molar-refractivity contribution in [3.63, 3.8) is 0 Å². The highest BCUT2D eigenvalue weighted by Gasteiger charge is 2.15. The molecule has 1 N–H and O–H groups in total. The predicted octanol–water partition coefficient (Wildman–Crippen LogP) is 2.92. The lowest BCUT2D eigenvalue weighted by atomic mass is 10.1. The van der Waals surface area contributed by atoms with E-state index in [0.29, 0.717) is 5.75 Å². The summed E-state index contributed by atoms with van der Waals surface area (Å²) in [5, 5.41) is 13.2. The first-order valence-corrected chi connectivity index (χ1v) is 6.36. The summed E-state index contributed by atoms with van der Waals surface area (Å²) in [6.45, 7) is 0. The molecule has 0 aromatic heterocycles. The summed E-state index contributed by atoms with van der Waals surface area (Å²) in [5.41, 5.74) is 0.253. The number of benzene rings is 2. The summed E-state index contributed by atoms with van der Waals surface area (Å²) in [6, 6.07) is 10.1. The molecule has 0 unspecified atom stereocenters. The number of nitrogens with one attached hydrogen (secondary N) is 1. The van der Waals surface area contributed by atoms with Crippen molar-refractivity contribution in [2.45, 2.75) is 6.42 Å². The Morgan fingerprint density at radius 3 is 2.55 bits per heavy atom. The largest absolute Gasteiger partial charge is 0.497 e. The lowest BCUT2D eigenvalue weighted by Gasteiger charge is -2.06. The van der Waals surface area contributed by atoms with Crippen molar-refractivity contribution >= 4 is 17.3 Å². The molecule has 7 heteroatoms. The Morgan fingerprint density at radius 1 is 1.27 bits per heavy atom. The zero-order chi connectivity index (χ0) is 16.1. The third kappa shape index (κ3) is 3.78. The minimum Gasteiger partial charge on any atom is -0.497 e. The van der Waals surface area contributed by atoms with Crippen LogP contribution in [-0.2, 0) is 11.2 Å². The number of nitro benzene ring substituents is 1. The highest BCUT2D eigenvalue weighted by atomic mass is 19.1. The molecule has 0 heterocycles. The first-order valence-electron chi connectivity index (χ1n) is 6.36. The van der Waals surface area contributed by atoms with Gasteiger partial charge in [-0.2, -0.15) is 4.39 Å². The Hall–Kier alpha value is -2.96. The van der Waals surface area contributed by atoms with Gasteiger partial charge in [0.25, 0.3) is 0 Å². The van der Waals surface area contributed by atoms with Crippen LogP contribution >= 0.6 is 0 Å². The number of rotatable bonds is 5. The van der Waals surface area contributed by atoms with E-state index >= 15 is 0 Å². The van der Waals surface area contributed by atoms with E-state index in [4.69, 9.17) is 4.74 Å². The number of nitrogens with zero attached hydrogens (tertiary/aromatic N) is 1. The number of amides is 1. The van der Waals surface area contributed by atoms with Gasteiger partial charge in [-0.15, -0.1) is 0 Å². The molecule has 114 valence electrons. The van der Waals surface area contributed by atoms with Crippen molar-refractivity contribution in [3.05, 3.63) is 64.0 Å². The normalized spacial score (nSPS) is 10.1. The van der Waals surface area contributed by atoms with Gasteiger partial charge in [-0.25, -0.2) is 0 Å². The molecule has 0 radical (unpaired) electrons. The minimum absolute atomic E-state index is 0.0924. The highest BCUT2D eigenvalue weighted by molar-refractivity contribution is 5.92. The SMILES string of the molecule is COc1ccc(CC(=O)Nc2ccc(F)c([N+](=O)[O-])c2)cc1. The fraction of sp³-hybridized carbons (Fsp3) is 0.133. The number of halogens is 1. The zero-order valence-electron chi connectivity index (χ0n) is 11.7. The average Bonchev–Trinajstić information content (AvgIpc) is 2.49. The van der Waals surface area contributed by atoms with Crippen LogP contribution in [0.5, 0.6) is 5.75 Å². The number of carbonyl (C=O) groups is 1. The van der Waals surface area contributed by atoms with Crippen LogP contribution in [0.25, 0.3) is 0 Å². The lowest BCUT2D eigenvalue weighted by molar-refractivity contribution is -0.387. The van der Waals surface area contributed by atoms with Crippen LogP contribution in [0.15, 0.2) is 42.5 Å². The molecule has 0 saturated carbocycles. The van der Waals surface area contributed by atoms with Crippen molar-refractivity contribution in [1.29, 1.82) is 0 Å². The molecule has 0 aliphatic heterocycles. The molecular weight excluding hydrogens is 291 g/mol.